The van der Waals surface area contributed by atoms with Crippen LogP contribution in [-0.4, -0.2) is 26.3 Å². The summed E-state index contributed by atoms with van der Waals surface area (Å²) in [6.45, 7) is 3.21. The van der Waals surface area contributed by atoms with Gasteiger partial charge in [0.2, 0.25) is 11.2 Å². The number of para-hydroxylation sites is 2. The highest BCUT2D eigenvalue weighted by Crippen LogP contribution is 2.32. The largest absolute Gasteiger partial charge is 0.493 e. The van der Waals surface area contributed by atoms with Crippen LogP contribution in [0.15, 0.2) is 51.7 Å². The molecular weight excluding hydrogens is 364 g/mol. The Labute approximate surface area is 161 Å². The molecule has 0 radical (unpaired) electrons. The first-order chi connectivity index (χ1) is 13.4. The van der Waals surface area contributed by atoms with Crippen LogP contribution in [0.5, 0.6) is 23.0 Å². The highest BCUT2D eigenvalue weighted by molar-refractivity contribution is 5.80. The second-order valence-corrected chi connectivity index (χ2v) is 6.01. The number of carbonyl (C=O) groups is 1. The lowest BCUT2D eigenvalue weighted by molar-refractivity contribution is -0.147. The molecule has 1 aromatic heterocycles. The number of ether oxygens (including phenoxy) is 4. The van der Waals surface area contributed by atoms with Gasteiger partial charge in [-0.3, -0.25) is 4.79 Å². The summed E-state index contributed by atoms with van der Waals surface area (Å²) < 4.78 is 27.0. The van der Waals surface area contributed by atoms with E-state index in [0.29, 0.717) is 34.0 Å². The van der Waals surface area contributed by atoms with Gasteiger partial charge in [0.05, 0.1) is 19.6 Å². The number of esters is 1. The van der Waals surface area contributed by atoms with E-state index >= 15 is 0 Å². The summed E-state index contributed by atoms with van der Waals surface area (Å²) >= 11 is 0. The van der Waals surface area contributed by atoms with Crippen molar-refractivity contribution >= 4 is 16.9 Å². The van der Waals surface area contributed by atoms with Crippen molar-refractivity contribution in [1.29, 1.82) is 0 Å². The third kappa shape index (κ3) is 3.78. The van der Waals surface area contributed by atoms with Crippen LogP contribution in [0, 0.1) is 6.92 Å². The first-order valence-corrected chi connectivity index (χ1v) is 8.57. The average molecular weight is 384 g/mol. The number of fused-ring (bicyclic) bond motifs is 1. The molecule has 146 valence electrons. The van der Waals surface area contributed by atoms with Crippen LogP contribution >= 0.6 is 0 Å². The number of carbonyl (C=O) groups excluding carboxylic acids is 1. The highest BCUT2D eigenvalue weighted by Gasteiger charge is 2.18. The van der Waals surface area contributed by atoms with Crippen LogP contribution < -0.4 is 19.6 Å². The molecule has 0 fully saturated rings. The van der Waals surface area contributed by atoms with Crippen LogP contribution in [0.3, 0.4) is 0 Å². The third-order valence-electron chi connectivity index (χ3n) is 4.11. The fourth-order valence-corrected chi connectivity index (χ4v) is 2.69. The lowest BCUT2D eigenvalue weighted by atomic mass is 10.2. The molecule has 7 heteroatoms. The fraction of sp³-hybridized carbons (Fsp3) is 0.238. The minimum atomic E-state index is -0.788. The molecule has 1 atom stereocenters. The summed E-state index contributed by atoms with van der Waals surface area (Å²) in [5.74, 6) is 1.17. The SMILES string of the molecule is COC(=O)[C@@H](C)Oc1ccc2c(=O)c(Oc3ccccc3OC)c(C)oc2c1. The van der Waals surface area contributed by atoms with Gasteiger partial charge in [0, 0.05) is 6.07 Å². The van der Waals surface area contributed by atoms with Gasteiger partial charge in [-0.05, 0) is 38.1 Å². The van der Waals surface area contributed by atoms with Crippen molar-refractivity contribution in [2.45, 2.75) is 20.0 Å². The summed E-state index contributed by atoms with van der Waals surface area (Å²) in [7, 11) is 2.81. The molecule has 0 amide bonds. The topological polar surface area (TPSA) is 84.2 Å². The molecule has 3 aromatic rings. The summed E-state index contributed by atoms with van der Waals surface area (Å²) in [5.41, 5.74) is 0.00154. The number of rotatable bonds is 6. The average Bonchev–Trinajstić information content (AvgIpc) is 2.70. The van der Waals surface area contributed by atoms with Gasteiger partial charge in [0.25, 0.3) is 0 Å². The Bertz CT molecular complexity index is 1070. The highest BCUT2D eigenvalue weighted by atomic mass is 16.6. The van der Waals surface area contributed by atoms with Gasteiger partial charge < -0.3 is 23.4 Å². The summed E-state index contributed by atoms with van der Waals surface area (Å²) in [4.78, 5) is 24.4. The molecule has 0 spiro atoms. The minimum absolute atomic E-state index is 0.0774. The molecule has 0 unspecified atom stereocenters. The van der Waals surface area contributed by atoms with E-state index in [9.17, 15) is 9.59 Å². The molecule has 0 aliphatic carbocycles. The van der Waals surface area contributed by atoms with E-state index in [-0.39, 0.29) is 11.2 Å². The monoisotopic (exact) mass is 384 g/mol. The van der Waals surface area contributed by atoms with Gasteiger partial charge in [0.1, 0.15) is 17.1 Å². The smallest absolute Gasteiger partial charge is 0.346 e. The second-order valence-electron chi connectivity index (χ2n) is 6.01. The Morgan fingerprint density at radius 1 is 1.07 bits per heavy atom. The van der Waals surface area contributed by atoms with E-state index in [2.05, 4.69) is 4.74 Å². The number of methoxy groups -OCH3 is 2. The van der Waals surface area contributed by atoms with Gasteiger partial charge >= 0.3 is 5.97 Å². The van der Waals surface area contributed by atoms with Crippen LogP contribution in [0.1, 0.15) is 12.7 Å². The Hall–Kier alpha value is -3.48. The molecule has 2 aromatic carbocycles. The quantitative estimate of drug-likeness (QED) is 0.597. The van der Waals surface area contributed by atoms with Crippen LogP contribution in [0.4, 0.5) is 0 Å². The van der Waals surface area contributed by atoms with E-state index in [4.69, 9.17) is 18.6 Å². The predicted molar refractivity (Wildman–Crippen MR) is 102 cm³/mol. The molecule has 0 aliphatic rings. The van der Waals surface area contributed by atoms with E-state index in [1.807, 2.05) is 0 Å². The maximum absolute atomic E-state index is 12.9. The molecule has 0 saturated heterocycles. The van der Waals surface area contributed by atoms with Crippen LogP contribution in [0.2, 0.25) is 0 Å². The van der Waals surface area contributed by atoms with Crippen LogP contribution in [-0.2, 0) is 9.53 Å². The Morgan fingerprint density at radius 3 is 2.46 bits per heavy atom. The Balaban J connectivity index is 1.98. The number of aryl methyl sites for hydroxylation is 1. The summed E-state index contributed by atoms with van der Waals surface area (Å²) in [5, 5.41) is 0.327. The molecular formula is C21H20O7. The van der Waals surface area contributed by atoms with Gasteiger partial charge in [-0.1, -0.05) is 12.1 Å². The third-order valence-corrected chi connectivity index (χ3v) is 4.11. The van der Waals surface area contributed by atoms with Crippen molar-refractivity contribution in [2.75, 3.05) is 14.2 Å². The first-order valence-electron chi connectivity index (χ1n) is 8.57. The standard InChI is InChI=1S/C21H20O7/c1-12-20(28-17-8-6-5-7-16(17)24-3)19(22)15-10-9-14(11-18(15)27-12)26-13(2)21(23)25-4/h5-11,13H,1-4H3/t13-/m1/s1. The molecule has 28 heavy (non-hydrogen) atoms. The minimum Gasteiger partial charge on any atom is -0.493 e. The van der Waals surface area contributed by atoms with E-state index < -0.39 is 12.1 Å². The number of hydrogen-bond donors (Lipinski definition) is 0. The number of hydrogen-bond acceptors (Lipinski definition) is 7. The predicted octanol–water partition coefficient (Wildman–Crippen LogP) is 3.84. The van der Waals surface area contributed by atoms with Gasteiger partial charge in [-0.2, -0.15) is 0 Å². The van der Waals surface area contributed by atoms with E-state index in [1.54, 1.807) is 56.3 Å². The molecule has 3 rings (SSSR count). The lowest BCUT2D eigenvalue weighted by Gasteiger charge is -2.14. The van der Waals surface area contributed by atoms with Crippen molar-refractivity contribution < 1.29 is 28.2 Å². The normalized spacial score (nSPS) is 11.7. The zero-order chi connectivity index (χ0) is 20.3. The lowest BCUT2D eigenvalue weighted by Crippen LogP contribution is -2.24. The van der Waals surface area contributed by atoms with Gasteiger partial charge in [0.15, 0.2) is 17.6 Å². The molecule has 0 aliphatic heterocycles. The van der Waals surface area contributed by atoms with Crippen molar-refractivity contribution in [3.63, 3.8) is 0 Å². The summed E-state index contributed by atoms with van der Waals surface area (Å²) in [6, 6.07) is 11.7. The van der Waals surface area contributed by atoms with Gasteiger partial charge in [-0.25, -0.2) is 4.79 Å². The molecule has 0 N–H and O–H groups in total. The molecule has 7 nitrogen and oxygen atoms in total. The second kappa shape index (κ2) is 8.04. The Morgan fingerprint density at radius 2 is 1.79 bits per heavy atom. The first kappa shape index (κ1) is 19.3. The van der Waals surface area contributed by atoms with Crippen molar-refractivity contribution in [1.82, 2.24) is 0 Å². The maximum Gasteiger partial charge on any atom is 0.346 e. The fourth-order valence-electron chi connectivity index (χ4n) is 2.69. The zero-order valence-corrected chi connectivity index (χ0v) is 16.0. The van der Waals surface area contributed by atoms with E-state index in [0.717, 1.165) is 0 Å². The van der Waals surface area contributed by atoms with Crippen molar-refractivity contribution in [2.24, 2.45) is 0 Å². The van der Waals surface area contributed by atoms with Gasteiger partial charge in [-0.15, -0.1) is 0 Å². The molecule has 0 saturated carbocycles. The summed E-state index contributed by atoms with van der Waals surface area (Å²) in [6.07, 6.45) is -0.788. The van der Waals surface area contributed by atoms with E-state index in [1.165, 1.54) is 14.2 Å². The maximum atomic E-state index is 12.9. The van der Waals surface area contributed by atoms with Crippen molar-refractivity contribution in [3.8, 4) is 23.0 Å². The Kier molecular flexibility index (Phi) is 5.54. The molecule has 1 heterocycles. The zero-order valence-electron chi connectivity index (χ0n) is 16.0. The number of benzene rings is 2. The van der Waals surface area contributed by atoms with Crippen LogP contribution in [0.25, 0.3) is 11.0 Å². The molecule has 0 bridgehead atoms. The van der Waals surface area contributed by atoms with Crippen molar-refractivity contribution in [3.05, 3.63) is 58.4 Å².